The lowest BCUT2D eigenvalue weighted by Gasteiger charge is -2.07. The fraction of sp³-hybridized carbons (Fsp3) is 0. The first-order chi connectivity index (χ1) is 9.04. The van der Waals surface area contributed by atoms with E-state index in [0.29, 0.717) is 10.7 Å². The number of hydrazine groups is 1. The Kier molecular flexibility index (Phi) is 3.67. The van der Waals surface area contributed by atoms with Crippen LogP contribution in [0.2, 0.25) is 5.02 Å². The average Bonchev–Trinajstić information content (AvgIpc) is 2.36. The molecule has 1 aromatic heterocycles. The summed E-state index contributed by atoms with van der Waals surface area (Å²) in [5.74, 6) is -0.641. The van der Waals surface area contributed by atoms with Crippen LogP contribution in [0, 0.1) is 0 Å². The number of anilines is 1. The fourth-order valence-electron chi connectivity index (χ4n) is 1.32. The monoisotopic (exact) mass is 280 g/mol. The van der Waals surface area contributed by atoms with Crippen LogP contribution in [0.15, 0.2) is 39.9 Å². The first kappa shape index (κ1) is 12.9. The molecule has 0 fully saturated rings. The maximum absolute atomic E-state index is 11.7. The van der Waals surface area contributed by atoms with Gasteiger partial charge in [-0.3, -0.25) is 25.4 Å². The molecule has 0 aliphatic heterocycles. The molecule has 0 radical (unpaired) electrons. The van der Waals surface area contributed by atoms with Crippen molar-refractivity contribution >= 4 is 23.2 Å². The van der Waals surface area contributed by atoms with Crippen LogP contribution >= 0.6 is 11.6 Å². The number of carbonyl (C=O) groups is 1. The Morgan fingerprint density at radius 3 is 2.42 bits per heavy atom. The summed E-state index contributed by atoms with van der Waals surface area (Å²) in [6, 6.07) is 7.59. The minimum absolute atomic E-state index is 0.143. The molecule has 0 aliphatic carbocycles. The van der Waals surface area contributed by atoms with Gasteiger partial charge in [0, 0.05) is 11.1 Å². The Morgan fingerprint density at radius 1 is 1.11 bits per heavy atom. The van der Waals surface area contributed by atoms with Crippen molar-refractivity contribution in [2.75, 3.05) is 5.43 Å². The van der Waals surface area contributed by atoms with Crippen LogP contribution in [0.3, 0.4) is 0 Å². The van der Waals surface area contributed by atoms with Crippen LogP contribution in [-0.2, 0) is 0 Å². The van der Waals surface area contributed by atoms with Gasteiger partial charge in [-0.25, -0.2) is 4.79 Å². The minimum Gasteiger partial charge on any atom is -0.303 e. The third-order valence-electron chi connectivity index (χ3n) is 2.17. The zero-order chi connectivity index (χ0) is 13.8. The van der Waals surface area contributed by atoms with E-state index in [-0.39, 0.29) is 5.69 Å². The van der Waals surface area contributed by atoms with Crippen LogP contribution in [0.5, 0.6) is 0 Å². The molecule has 0 saturated heterocycles. The highest BCUT2D eigenvalue weighted by molar-refractivity contribution is 6.30. The van der Waals surface area contributed by atoms with E-state index in [9.17, 15) is 14.4 Å². The van der Waals surface area contributed by atoms with Crippen molar-refractivity contribution in [3.8, 4) is 0 Å². The molecule has 1 aromatic carbocycles. The zero-order valence-electron chi connectivity index (χ0n) is 9.49. The fourth-order valence-corrected chi connectivity index (χ4v) is 1.45. The van der Waals surface area contributed by atoms with Gasteiger partial charge in [0.25, 0.3) is 11.5 Å². The molecule has 19 heavy (non-hydrogen) atoms. The highest BCUT2D eigenvalue weighted by Crippen LogP contribution is 2.12. The van der Waals surface area contributed by atoms with Gasteiger partial charge in [0.05, 0.1) is 5.69 Å². The molecule has 1 heterocycles. The van der Waals surface area contributed by atoms with E-state index < -0.39 is 17.2 Å². The van der Waals surface area contributed by atoms with E-state index in [4.69, 9.17) is 11.6 Å². The number of hydrogen-bond donors (Lipinski definition) is 4. The third kappa shape index (κ3) is 3.46. The standard InChI is InChI=1S/C11H9ClN4O3/c12-6-1-3-7(4-2-6)15-16-10(18)8-5-9(17)14-11(19)13-8/h1-5,15H,(H,16,18)(H2,13,14,17,19). The largest absolute Gasteiger partial charge is 0.326 e. The number of H-pyrrole nitrogens is 2. The molecule has 0 atom stereocenters. The summed E-state index contributed by atoms with van der Waals surface area (Å²) in [5, 5.41) is 0.566. The number of nitrogens with one attached hydrogen (secondary N) is 4. The van der Waals surface area contributed by atoms with E-state index in [0.717, 1.165) is 6.07 Å². The molecule has 0 unspecified atom stereocenters. The van der Waals surface area contributed by atoms with Crippen molar-refractivity contribution in [1.82, 2.24) is 15.4 Å². The summed E-state index contributed by atoms with van der Waals surface area (Å²) in [7, 11) is 0. The van der Waals surface area contributed by atoms with Crippen molar-refractivity contribution in [2.45, 2.75) is 0 Å². The van der Waals surface area contributed by atoms with Gasteiger partial charge in [0.1, 0.15) is 5.69 Å². The molecule has 8 heteroatoms. The summed E-state index contributed by atoms with van der Waals surface area (Å²) < 4.78 is 0. The van der Waals surface area contributed by atoms with Crippen molar-refractivity contribution < 1.29 is 4.79 Å². The maximum atomic E-state index is 11.7. The highest BCUT2D eigenvalue weighted by atomic mass is 35.5. The molecule has 7 nitrogen and oxygen atoms in total. The molecular weight excluding hydrogens is 272 g/mol. The Morgan fingerprint density at radius 2 is 1.79 bits per heavy atom. The molecule has 0 bridgehead atoms. The summed E-state index contributed by atoms with van der Waals surface area (Å²) in [5.41, 5.74) is 4.01. The summed E-state index contributed by atoms with van der Waals surface area (Å²) in [4.78, 5) is 37.9. The van der Waals surface area contributed by atoms with Gasteiger partial charge < -0.3 is 4.98 Å². The molecule has 2 rings (SSSR count). The second-order valence-corrected chi connectivity index (χ2v) is 4.02. The zero-order valence-corrected chi connectivity index (χ0v) is 10.2. The second-order valence-electron chi connectivity index (χ2n) is 3.59. The molecular formula is C11H9ClN4O3. The first-order valence-corrected chi connectivity index (χ1v) is 5.58. The lowest BCUT2D eigenvalue weighted by atomic mass is 10.3. The van der Waals surface area contributed by atoms with E-state index in [2.05, 4.69) is 15.8 Å². The SMILES string of the molecule is O=C(NNc1ccc(Cl)cc1)c1cc(=O)[nH]c(=O)[nH]1. The molecule has 0 aliphatic rings. The maximum Gasteiger partial charge on any atom is 0.326 e. The van der Waals surface area contributed by atoms with Gasteiger partial charge in [0.15, 0.2) is 0 Å². The number of carbonyl (C=O) groups excluding carboxylic acids is 1. The van der Waals surface area contributed by atoms with Crippen LogP contribution in [0.1, 0.15) is 10.5 Å². The second kappa shape index (κ2) is 5.40. The van der Waals surface area contributed by atoms with Crippen molar-refractivity contribution in [1.29, 1.82) is 0 Å². The Labute approximate surface area is 111 Å². The topological polar surface area (TPSA) is 107 Å². The summed E-state index contributed by atoms with van der Waals surface area (Å²) in [6.45, 7) is 0. The summed E-state index contributed by atoms with van der Waals surface area (Å²) >= 11 is 5.71. The van der Waals surface area contributed by atoms with Gasteiger partial charge in [-0.1, -0.05) is 11.6 Å². The highest BCUT2D eigenvalue weighted by Gasteiger charge is 2.07. The van der Waals surface area contributed by atoms with Crippen LogP contribution in [-0.4, -0.2) is 15.9 Å². The van der Waals surface area contributed by atoms with Crippen molar-refractivity contribution in [3.63, 3.8) is 0 Å². The van der Waals surface area contributed by atoms with Gasteiger partial charge in [-0.2, -0.15) is 0 Å². The third-order valence-corrected chi connectivity index (χ3v) is 2.42. The molecule has 1 amide bonds. The Hall–Kier alpha value is -2.54. The van der Waals surface area contributed by atoms with Crippen molar-refractivity contribution in [3.05, 3.63) is 61.9 Å². The van der Waals surface area contributed by atoms with Crippen LogP contribution < -0.4 is 22.1 Å². The van der Waals surface area contributed by atoms with Gasteiger partial charge >= 0.3 is 5.69 Å². The van der Waals surface area contributed by atoms with Gasteiger partial charge in [-0.05, 0) is 24.3 Å². The van der Waals surface area contributed by atoms with E-state index in [1.807, 2.05) is 4.98 Å². The lowest BCUT2D eigenvalue weighted by Crippen LogP contribution is -2.34. The smallest absolute Gasteiger partial charge is 0.303 e. The number of amides is 1. The summed E-state index contributed by atoms with van der Waals surface area (Å²) in [6.07, 6.45) is 0. The predicted octanol–water partition coefficient (Wildman–Crippen LogP) is 0.473. The first-order valence-electron chi connectivity index (χ1n) is 5.20. The van der Waals surface area contributed by atoms with E-state index in [1.54, 1.807) is 24.3 Å². The number of aromatic nitrogens is 2. The molecule has 0 saturated carbocycles. The Balaban J connectivity index is 2.07. The normalized spacial score (nSPS) is 9.95. The van der Waals surface area contributed by atoms with Crippen LogP contribution in [0.4, 0.5) is 5.69 Å². The number of halogens is 1. The minimum atomic E-state index is -0.746. The van der Waals surface area contributed by atoms with Crippen molar-refractivity contribution in [2.24, 2.45) is 0 Å². The predicted molar refractivity (Wildman–Crippen MR) is 70.2 cm³/mol. The van der Waals surface area contributed by atoms with Gasteiger partial charge in [-0.15, -0.1) is 0 Å². The average molecular weight is 281 g/mol. The number of rotatable bonds is 3. The lowest BCUT2D eigenvalue weighted by molar-refractivity contribution is 0.0957. The molecule has 2 aromatic rings. The number of benzene rings is 1. The Bertz CT molecular complexity index is 677. The number of hydrogen-bond acceptors (Lipinski definition) is 4. The molecule has 4 N–H and O–H groups in total. The molecule has 0 spiro atoms. The van der Waals surface area contributed by atoms with Gasteiger partial charge in [0.2, 0.25) is 0 Å². The number of aromatic amines is 2. The van der Waals surface area contributed by atoms with E-state index >= 15 is 0 Å². The van der Waals surface area contributed by atoms with Crippen LogP contribution in [0.25, 0.3) is 0 Å². The molecule has 98 valence electrons. The van der Waals surface area contributed by atoms with E-state index in [1.165, 1.54) is 0 Å². The quantitative estimate of drug-likeness (QED) is 0.613.